The SMILES string of the molecule is O=C1c2ccccc2C(O)N1Cc1ccccc1C(O)(c1ccccc1)c1ccccc1. The van der Waals surface area contributed by atoms with Crippen LogP contribution in [0.2, 0.25) is 0 Å². The molecule has 0 spiro atoms. The number of nitrogens with zero attached hydrogens (tertiary/aromatic N) is 1. The third kappa shape index (κ3) is 3.21. The van der Waals surface area contributed by atoms with Gasteiger partial charge in [-0.2, -0.15) is 0 Å². The van der Waals surface area contributed by atoms with Crippen molar-refractivity contribution in [2.24, 2.45) is 0 Å². The largest absolute Gasteiger partial charge is 0.376 e. The number of hydrogen-bond donors (Lipinski definition) is 2. The summed E-state index contributed by atoms with van der Waals surface area (Å²) in [6, 6.07) is 33.7. The van der Waals surface area contributed by atoms with Gasteiger partial charge >= 0.3 is 0 Å². The second kappa shape index (κ2) is 8.08. The Balaban J connectivity index is 1.62. The normalized spacial score (nSPS) is 15.6. The smallest absolute Gasteiger partial charge is 0.256 e. The van der Waals surface area contributed by atoms with Crippen molar-refractivity contribution in [1.29, 1.82) is 0 Å². The molecule has 0 saturated carbocycles. The summed E-state index contributed by atoms with van der Waals surface area (Å²) in [6.07, 6.45) is -1.02. The lowest BCUT2D eigenvalue weighted by atomic mass is 9.78. The molecule has 4 heteroatoms. The van der Waals surface area contributed by atoms with Gasteiger partial charge in [-0.1, -0.05) is 103 Å². The standard InChI is InChI=1S/C28H23NO3/c30-26-23-16-8-9-17-24(23)27(31)29(26)19-20-11-7-10-18-25(20)28(32,21-12-3-1-4-13-21)22-14-5-2-6-15-22/h1-18,26,30,32H,19H2. The molecule has 1 aliphatic heterocycles. The van der Waals surface area contributed by atoms with Crippen LogP contribution in [0.25, 0.3) is 0 Å². The summed E-state index contributed by atoms with van der Waals surface area (Å²) in [6.45, 7) is 0.173. The number of amides is 1. The summed E-state index contributed by atoms with van der Waals surface area (Å²) in [5.41, 5.74) is 2.61. The molecular weight excluding hydrogens is 398 g/mol. The number of carbonyl (C=O) groups excluding carboxylic acids is 1. The maximum absolute atomic E-state index is 13.0. The van der Waals surface area contributed by atoms with Gasteiger partial charge in [0.05, 0.1) is 0 Å². The van der Waals surface area contributed by atoms with Gasteiger partial charge < -0.3 is 15.1 Å². The Morgan fingerprint density at radius 2 is 1.25 bits per heavy atom. The Hall–Kier alpha value is -3.73. The van der Waals surface area contributed by atoms with Crippen LogP contribution in [0.5, 0.6) is 0 Å². The van der Waals surface area contributed by atoms with Crippen LogP contribution in [0.15, 0.2) is 109 Å². The van der Waals surface area contributed by atoms with Crippen LogP contribution in [0.4, 0.5) is 0 Å². The molecule has 4 aromatic carbocycles. The van der Waals surface area contributed by atoms with Crippen molar-refractivity contribution >= 4 is 5.91 Å². The molecule has 0 radical (unpaired) electrons. The van der Waals surface area contributed by atoms with Gasteiger partial charge in [-0.15, -0.1) is 0 Å². The maximum Gasteiger partial charge on any atom is 0.256 e. The van der Waals surface area contributed by atoms with Crippen LogP contribution in [0.1, 0.15) is 44.4 Å². The van der Waals surface area contributed by atoms with E-state index in [1.807, 2.05) is 91.0 Å². The fourth-order valence-electron chi connectivity index (χ4n) is 4.54. The molecule has 0 fully saturated rings. The molecule has 158 valence electrons. The van der Waals surface area contributed by atoms with Crippen molar-refractivity contribution in [1.82, 2.24) is 4.90 Å². The molecule has 0 bridgehead atoms. The van der Waals surface area contributed by atoms with Gasteiger partial charge in [0.15, 0.2) is 6.23 Å². The molecule has 0 aromatic heterocycles. The predicted molar refractivity (Wildman–Crippen MR) is 123 cm³/mol. The van der Waals surface area contributed by atoms with E-state index in [-0.39, 0.29) is 12.5 Å². The highest BCUT2D eigenvalue weighted by Gasteiger charge is 2.39. The first-order chi connectivity index (χ1) is 15.6. The van der Waals surface area contributed by atoms with Crippen LogP contribution < -0.4 is 0 Å². The van der Waals surface area contributed by atoms with E-state index in [0.717, 1.165) is 16.7 Å². The van der Waals surface area contributed by atoms with Crippen LogP contribution in [0.3, 0.4) is 0 Å². The maximum atomic E-state index is 13.0. The molecule has 4 nitrogen and oxygen atoms in total. The minimum absolute atomic E-state index is 0.173. The highest BCUT2D eigenvalue weighted by Crippen LogP contribution is 2.40. The second-order valence-electron chi connectivity index (χ2n) is 7.99. The summed E-state index contributed by atoms with van der Waals surface area (Å²) in [7, 11) is 0. The zero-order chi connectivity index (χ0) is 22.1. The molecule has 1 atom stereocenters. The summed E-state index contributed by atoms with van der Waals surface area (Å²) >= 11 is 0. The zero-order valence-electron chi connectivity index (χ0n) is 17.4. The number of benzene rings is 4. The van der Waals surface area contributed by atoms with Crippen molar-refractivity contribution in [2.45, 2.75) is 18.4 Å². The van der Waals surface area contributed by atoms with Crippen molar-refractivity contribution in [3.63, 3.8) is 0 Å². The Morgan fingerprint density at radius 3 is 1.88 bits per heavy atom. The first kappa shape index (κ1) is 20.2. The highest BCUT2D eigenvalue weighted by molar-refractivity contribution is 5.98. The predicted octanol–water partition coefficient (Wildman–Crippen LogP) is 4.62. The number of hydrogen-bond acceptors (Lipinski definition) is 3. The topological polar surface area (TPSA) is 60.8 Å². The van der Waals surface area contributed by atoms with Gasteiger partial charge in [0, 0.05) is 17.7 Å². The van der Waals surface area contributed by atoms with E-state index >= 15 is 0 Å². The van der Waals surface area contributed by atoms with E-state index < -0.39 is 11.8 Å². The minimum Gasteiger partial charge on any atom is -0.376 e. The minimum atomic E-state index is -1.42. The molecule has 0 aliphatic carbocycles. The van der Waals surface area contributed by atoms with Gasteiger partial charge in [0.2, 0.25) is 0 Å². The van der Waals surface area contributed by atoms with Crippen LogP contribution in [-0.4, -0.2) is 21.0 Å². The molecule has 1 heterocycles. The van der Waals surface area contributed by atoms with Crippen molar-refractivity contribution in [3.8, 4) is 0 Å². The number of fused-ring (bicyclic) bond motifs is 1. The molecule has 0 saturated heterocycles. The van der Waals surface area contributed by atoms with Crippen molar-refractivity contribution in [2.75, 3.05) is 0 Å². The van der Waals surface area contributed by atoms with Crippen LogP contribution in [0, 0.1) is 0 Å². The van der Waals surface area contributed by atoms with Crippen molar-refractivity contribution < 1.29 is 15.0 Å². The zero-order valence-corrected chi connectivity index (χ0v) is 17.4. The third-order valence-corrected chi connectivity index (χ3v) is 6.16. The monoisotopic (exact) mass is 421 g/mol. The van der Waals surface area contributed by atoms with Crippen LogP contribution in [-0.2, 0) is 12.1 Å². The quantitative estimate of drug-likeness (QED) is 0.463. The lowest BCUT2D eigenvalue weighted by Crippen LogP contribution is -2.33. The lowest BCUT2D eigenvalue weighted by Gasteiger charge is -2.33. The number of aliphatic hydroxyl groups is 2. The van der Waals surface area contributed by atoms with Gasteiger partial charge in [-0.25, -0.2) is 0 Å². The fourth-order valence-corrected chi connectivity index (χ4v) is 4.54. The number of carbonyl (C=O) groups is 1. The van der Waals surface area contributed by atoms with Gasteiger partial charge in [0.25, 0.3) is 5.91 Å². The van der Waals surface area contributed by atoms with Gasteiger partial charge in [-0.05, 0) is 28.3 Å². The molecule has 1 aliphatic rings. The van der Waals surface area contributed by atoms with E-state index in [1.54, 1.807) is 18.2 Å². The Kier molecular flexibility index (Phi) is 5.10. The first-order valence-corrected chi connectivity index (χ1v) is 10.6. The third-order valence-electron chi connectivity index (χ3n) is 6.16. The summed E-state index contributed by atoms with van der Waals surface area (Å²) in [4.78, 5) is 14.5. The summed E-state index contributed by atoms with van der Waals surface area (Å²) in [5, 5.41) is 23.1. The average Bonchev–Trinajstić information content (AvgIpc) is 3.10. The van der Waals surface area contributed by atoms with E-state index in [2.05, 4.69) is 0 Å². The molecule has 32 heavy (non-hydrogen) atoms. The molecule has 2 N–H and O–H groups in total. The van der Waals surface area contributed by atoms with Gasteiger partial charge in [-0.3, -0.25) is 4.79 Å². The Labute approximate surface area is 187 Å². The molecule has 1 unspecified atom stereocenters. The number of rotatable bonds is 5. The second-order valence-corrected chi connectivity index (χ2v) is 7.99. The molecule has 4 aromatic rings. The van der Waals surface area contributed by atoms with Gasteiger partial charge in [0.1, 0.15) is 5.60 Å². The summed E-state index contributed by atoms with van der Waals surface area (Å²) in [5.74, 6) is -0.217. The average molecular weight is 421 g/mol. The Bertz CT molecular complexity index is 1210. The molecule has 1 amide bonds. The Morgan fingerprint density at radius 1 is 0.719 bits per heavy atom. The lowest BCUT2D eigenvalue weighted by molar-refractivity contribution is 0.0130. The highest BCUT2D eigenvalue weighted by atomic mass is 16.3. The molecule has 5 rings (SSSR count). The molecular formula is C28H23NO3. The summed E-state index contributed by atoms with van der Waals surface area (Å²) < 4.78 is 0. The van der Waals surface area contributed by atoms with E-state index in [4.69, 9.17) is 0 Å². The number of aliphatic hydroxyl groups excluding tert-OH is 1. The fraction of sp³-hybridized carbons (Fsp3) is 0.107. The van der Waals surface area contributed by atoms with Crippen LogP contribution >= 0.6 is 0 Å². The van der Waals surface area contributed by atoms with E-state index in [9.17, 15) is 15.0 Å². The van der Waals surface area contributed by atoms with E-state index in [1.165, 1.54) is 4.90 Å². The van der Waals surface area contributed by atoms with Crippen molar-refractivity contribution in [3.05, 3.63) is 143 Å². The first-order valence-electron chi connectivity index (χ1n) is 10.6. The van der Waals surface area contributed by atoms with E-state index in [0.29, 0.717) is 16.7 Å².